The van der Waals surface area contributed by atoms with Crippen molar-refractivity contribution in [3.05, 3.63) is 0 Å². The first kappa shape index (κ1) is 22.9. The molecule has 0 aliphatic heterocycles. The number of rotatable bonds is 15. The lowest BCUT2D eigenvalue weighted by atomic mass is 9.93. The molecular weight excluding hydrogens is 310 g/mol. The molecule has 0 amide bonds. The lowest BCUT2D eigenvalue weighted by Crippen LogP contribution is -2.31. The van der Waals surface area contributed by atoms with Crippen LogP contribution in [0.3, 0.4) is 0 Å². The average Bonchev–Trinajstić information content (AvgIpc) is 2.52. The predicted molar refractivity (Wildman–Crippen MR) is 93.5 cm³/mol. The molecule has 0 rings (SSSR count). The highest BCUT2D eigenvalue weighted by Gasteiger charge is 2.21. The summed E-state index contributed by atoms with van der Waals surface area (Å²) in [6.45, 7) is 4.24. The van der Waals surface area contributed by atoms with Crippen LogP contribution in [0.15, 0.2) is 0 Å². The summed E-state index contributed by atoms with van der Waals surface area (Å²) in [4.78, 5) is 23.2. The van der Waals surface area contributed by atoms with Gasteiger partial charge in [0.2, 0.25) is 6.29 Å². The number of nitrogens with one attached hydrogen (secondary N) is 1. The Bertz CT molecular complexity index is 348. The van der Waals surface area contributed by atoms with Crippen LogP contribution in [0.2, 0.25) is 0 Å². The Hall–Kier alpha value is -1.14. The second-order valence-electron chi connectivity index (χ2n) is 6.40. The lowest BCUT2D eigenvalue weighted by molar-refractivity contribution is -0.172. The van der Waals surface area contributed by atoms with Gasteiger partial charge in [0.05, 0.1) is 18.4 Å². The summed E-state index contributed by atoms with van der Waals surface area (Å²) in [7, 11) is 1.68. The third-order valence-corrected chi connectivity index (χ3v) is 4.19. The third-order valence-electron chi connectivity index (χ3n) is 4.19. The highest BCUT2D eigenvalue weighted by Crippen LogP contribution is 2.21. The van der Waals surface area contributed by atoms with Crippen molar-refractivity contribution in [2.75, 3.05) is 13.6 Å². The molecule has 3 atom stereocenters. The Morgan fingerprint density at radius 2 is 1.50 bits per heavy atom. The van der Waals surface area contributed by atoms with E-state index < -0.39 is 12.3 Å². The molecule has 0 heterocycles. The Kier molecular flexibility index (Phi) is 13.5. The molecule has 0 radical (unpaired) electrons. The van der Waals surface area contributed by atoms with E-state index in [-0.39, 0.29) is 24.3 Å². The summed E-state index contributed by atoms with van der Waals surface area (Å²) in [6, 6.07) is 0. The molecule has 0 fully saturated rings. The van der Waals surface area contributed by atoms with Gasteiger partial charge in [-0.15, -0.1) is 0 Å². The van der Waals surface area contributed by atoms with Gasteiger partial charge in [0.25, 0.3) is 0 Å². The molecular formula is C18H35NO5. The van der Waals surface area contributed by atoms with Crippen LogP contribution in [0.5, 0.6) is 0 Å². The van der Waals surface area contributed by atoms with Crippen molar-refractivity contribution in [2.45, 2.75) is 77.9 Å². The van der Waals surface area contributed by atoms with Crippen LogP contribution in [0.1, 0.15) is 71.6 Å². The van der Waals surface area contributed by atoms with E-state index in [0.717, 1.165) is 51.4 Å². The molecule has 0 aliphatic carbocycles. The SMILES string of the molecule is CCCC(CCCCCC(CCC)C(=O)OC(O)CNC)C(=O)O. The van der Waals surface area contributed by atoms with Gasteiger partial charge in [0.1, 0.15) is 0 Å². The van der Waals surface area contributed by atoms with E-state index in [1.165, 1.54) is 0 Å². The zero-order valence-corrected chi connectivity index (χ0v) is 15.4. The summed E-state index contributed by atoms with van der Waals surface area (Å²) in [5.74, 6) is -1.48. The van der Waals surface area contributed by atoms with E-state index in [1.807, 2.05) is 13.8 Å². The van der Waals surface area contributed by atoms with Gasteiger partial charge in [0, 0.05) is 0 Å². The molecule has 0 bridgehead atoms. The summed E-state index contributed by atoms with van der Waals surface area (Å²) < 4.78 is 5.04. The number of hydrogen-bond donors (Lipinski definition) is 3. The summed E-state index contributed by atoms with van der Waals surface area (Å²) in [5, 5.41) is 21.4. The maximum Gasteiger partial charge on any atom is 0.311 e. The van der Waals surface area contributed by atoms with Gasteiger partial charge in [-0.25, -0.2) is 0 Å². The van der Waals surface area contributed by atoms with Gasteiger partial charge < -0.3 is 20.3 Å². The minimum absolute atomic E-state index is 0.188. The molecule has 0 saturated heterocycles. The molecule has 24 heavy (non-hydrogen) atoms. The van der Waals surface area contributed by atoms with E-state index in [1.54, 1.807) is 7.05 Å². The molecule has 0 spiro atoms. The number of aliphatic hydroxyl groups excluding tert-OH is 1. The van der Waals surface area contributed by atoms with Crippen molar-refractivity contribution in [2.24, 2.45) is 11.8 Å². The molecule has 3 unspecified atom stereocenters. The van der Waals surface area contributed by atoms with Crippen LogP contribution in [-0.4, -0.2) is 42.0 Å². The van der Waals surface area contributed by atoms with Crippen molar-refractivity contribution >= 4 is 11.9 Å². The minimum atomic E-state index is -1.10. The van der Waals surface area contributed by atoms with Crippen molar-refractivity contribution in [3.8, 4) is 0 Å². The Morgan fingerprint density at radius 1 is 0.958 bits per heavy atom. The fraction of sp³-hybridized carbons (Fsp3) is 0.889. The number of likely N-dealkylation sites (N-methyl/N-ethyl adjacent to an activating group) is 1. The molecule has 0 aromatic carbocycles. The monoisotopic (exact) mass is 345 g/mol. The molecule has 0 aliphatic rings. The largest absolute Gasteiger partial charge is 0.481 e. The number of unbranched alkanes of at least 4 members (excludes halogenated alkanes) is 2. The first-order valence-electron chi connectivity index (χ1n) is 9.22. The molecule has 142 valence electrons. The molecule has 6 heteroatoms. The molecule has 6 nitrogen and oxygen atoms in total. The first-order chi connectivity index (χ1) is 11.5. The maximum absolute atomic E-state index is 12.1. The summed E-state index contributed by atoms with van der Waals surface area (Å²) in [5.41, 5.74) is 0. The fourth-order valence-electron chi connectivity index (χ4n) is 2.87. The van der Waals surface area contributed by atoms with Gasteiger partial charge in [-0.3, -0.25) is 9.59 Å². The Balaban J connectivity index is 4.12. The number of carboxylic acids is 1. The highest BCUT2D eigenvalue weighted by atomic mass is 16.6. The van der Waals surface area contributed by atoms with Crippen LogP contribution >= 0.6 is 0 Å². The van der Waals surface area contributed by atoms with Crippen LogP contribution < -0.4 is 5.32 Å². The number of esters is 1. The van der Waals surface area contributed by atoms with Crippen molar-refractivity contribution < 1.29 is 24.5 Å². The Labute approximate surface area is 146 Å². The fourth-order valence-corrected chi connectivity index (χ4v) is 2.87. The molecule has 0 aromatic rings. The van der Waals surface area contributed by atoms with Crippen LogP contribution in [0, 0.1) is 11.8 Å². The van der Waals surface area contributed by atoms with E-state index in [0.29, 0.717) is 6.42 Å². The van der Waals surface area contributed by atoms with E-state index in [9.17, 15) is 14.7 Å². The van der Waals surface area contributed by atoms with E-state index in [4.69, 9.17) is 9.84 Å². The van der Waals surface area contributed by atoms with Crippen molar-refractivity contribution in [1.82, 2.24) is 5.32 Å². The zero-order chi connectivity index (χ0) is 18.4. The number of aliphatic carboxylic acids is 1. The van der Waals surface area contributed by atoms with Crippen LogP contribution in [-0.2, 0) is 14.3 Å². The average molecular weight is 345 g/mol. The van der Waals surface area contributed by atoms with Crippen molar-refractivity contribution in [1.29, 1.82) is 0 Å². The van der Waals surface area contributed by atoms with Crippen molar-refractivity contribution in [3.63, 3.8) is 0 Å². The van der Waals surface area contributed by atoms with E-state index in [2.05, 4.69) is 5.32 Å². The van der Waals surface area contributed by atoms with Crippen LogP contribution in [0.25, 0.3) is 0 Å². The molecule has 0 aromatic heterocycles. The highest BCUT2D eigenvalue weighted by molar-refractivity contribution is 5.72. The number of carbonyl (C=O) groups is 2. The second-order valence-corrected chi connectivity index (χ2v) is 6.40. The number of carbonyl (C=O) groups excluding carboxylic acids is 1. The predicted octanol–water partition coefficient (Wildman–Crippen LogP) is 2.94. The van der Waals surface area contributed by atoms with Gasteiger partial charge in [-0.05, 0) is 32.7 Å². The van der Waals surface area contributed by atoms with Gasteiger partial charge >= 0.3 is 11.9 Å². The zero-order valence-electron chi connectivity index (χ0n) is 15.4. The molecule has 0 saturated carbocycles. The van der Waals surface area contributed by atoms with Gasteiger partial charge in [-0.2, -0.15) is 0 Å². The quantitative estimate of drug-likeness (QED) is 0.240. The first-order valence-corrected chi connectivity index (χ1v) is 9.22. The minimum Gasteiger partial charge on any atom is -0.481 e. The van der Waals surface area contributed by atoms with Crippen LogP contribution in [0.4, 0.5) is 0 Å². The summed E-state index contributed by atoms with van der Waals surface area (Å²) in [6.07, 6.45) is 6.23. The standard InChI is InChI=1S/C18H35NO5/c1-4-9-14(17(21)22)11-7-6-8-12-15(10-5-2)18(23)24-16(20)13-19-3/h14-16,19-20H,4-13H2,1-3H3,(H,21,22). The summed E-state index contributed by atoms with van der Waals surface area (Å²) >= 11 is 0. The normalized spacial score (nSPS) is 14.8. The number of aliphatic hydroxyl groups is 1. The number of hydrogen-bond acceptors (Lipinski definition) is 5. The van der Waals surface area contributed by atoms with E-state index >= 15 is 0 Å². The lowest BCUT2D eigenvalue weighted by Gasteiger charge is -2.18. The maximum atomic E-state index is 12.1. The molecule has 3 N–H and O–H groups in total. The smallest absolute Gasteiger partial charge is 0.311 e. The van der Waals surface area contributed by atoms with Gasteiger partial charge in [0.15, 0.2) is 0 Å². The third kappa shape index (κ3) is 10.6. The topological polar surface area (TPSA) is 95.9 Å². The Morgan fingerprint density at radius 3 is 2.00 bits per heavy atom. The van der Waals surface area contributed by atoms with Gasteiger partial charge in [-0.1, -0.05) is 46.0 Å². The second kappa shape index (κ2) is 14.2. The number of carboxylic acid groups (broad SMARTS) is 1. The number of ether oxygens (including phenoxy) is 1.